The quantitative estimate of drug-likeness (QED) is 0.524. The number of aromatic nitrogens is 2. The zero-order chi connectivity index (χ0) is 18.3. The van der Waals surface area contributed by atoms with Crippen molar-refractivity contribution in [1.29, 1.82) is 0 Å². The second-order valence-corrected chi connectivity index (χ2v) is 6.98. The Morgan fingerprint density at radius 1 is 1.46 bits per heavy atom. The molecule has 24 heavy (non-hydrogen) atoms. The van der Waals surface area contributed by atoms with Gasteiger partial charge in [0.15, 0.2) is 0 Å². The molecule has 1 aromatic rings. The van der Waals surface area contributed by atoms with Crippen LogP contribution >= 0.6 is 19.2 Å². The molecule has 2 rings (SSSR count). The van der Waals surface area contributed by atoms with E-state index in [-0.39, 0.29) is 5.56 Å². The topological polar surface area (TPSA) is 142 Å². The summed E-state index contributed by atoms with van der Waals surface area (Å²) >= 11 is 5.31. The molecule has 3 atom stereocenters. The molecule has 1 aliphatic heterocycles. The van der Waals surface area contributed by atoms with Crippen LogP contribution in [0, 0.1) is 0 Å². The van der Waals surface area contributed by atoms with Crippen LogP contribution in [0.1, 0.15) is 11.8 Å². The van der Waals surface area contributed by atoms with Crippen molar-refractivity contribution in [3.05, 3.63) is 38.1 Å². The minimum atomic E-state index is -4.76. The van der Waals surface area contributed by atoms with Gasteiger partial charge in [0.2, 0.25) is 6.23 Å². The lowest BCUT2D eigenvalue weighted by Gasteiger charge is -2.21. The van der Waals surface area contributed by atoms with E-state index in [9.17, 15) is 28.0 Å². The number of halogens is 3. The molecule has 1 fully saturated rings. The number of aromatic amines is 1. The molecule has 0 bridgehead atoms. The van der Waals surface area contributed by atoms with Crippen molar-refractivity contribution in [2.45, 2.75) is 24.4 Å². The summed E-state index contributed by atoms with van der Waals surface area (Å²) in [6.45, 7) is 0. The molecular weight excluding hydrogens is 377 g/mol. The van der Waals surface area contributed by atoms with E-state index >= 15 is 0 Å². The summed E-state index contributed by atoms with van der Waals surface area (Å²) in [6, 6.07) is 0. The van der Waals surface area contributed by atoms with E-state index in [1.54, 1.807) is 4.98 Å². The lowest BCUT2D eigenvalue weighted by molar-refractivity contribution is -0.140. The Morgan fingerprint density at radius 2 is 2.08 bits per heavy atom. The van der Waals surface area contributed by atoms with Gasteiger partial charge < -0.3 is 19.6 Å². The minimum absolute atomic E-state index is 0.239. The van der Waals surface area contributed by atoms with Gasteiger partial charge in [-0.2, -0.15) is 8.78 Å². The van der Waals surface area contributed by atoms with Crippen LogP contribution in [0.4, 0.5) is 8.78 Å². The summed E-state index contributed by atoms with van der Waals surface area (Å²) in [7, 11) is -4.76. The maximum absolute atomic E-state index is 14.2. The third kappa shape index (κ3) is 3.66. The van der Waals surface area contributed by atoms with Crippen LogP contribution in [0.5, 0.6) is 0 Å². The van der Waals surface area contributed by atoms with E-state index in [4.69, 9.17) is 26.1 Å². The van der Waals surface area contributed by atoms with Gasteiger partial charge in [-0.25, -0.2) is 4.79 Å². The lowest BCUT2D eigenvalue weighted by Crippen LogP contribution is -2.43. The minimum Gasteiger partial charge on any atom is -0.384 e. The van der Waals surface area contributed by atoms with Crippen LogP contribution < -0.4 is 11.2 Å². The first kappa shape index (κ1) is 19.0. The van der Waals surface area contributed by atoms with E-state index in [2.05, 4.69) is 0 Å². The Balaban J connectivity index is 2.48. The number of aliphatic hydroxyl groups excluding tert-OH is 1. The molecule has 2 heterocycles. The highest BCUT2D eigenvalue weighted by atomic mass is 35.5. The van der Waals surface area contributed by atoms with Crippen molar-refractivity contribution in [3.63, 3.8) is 0 Å². The first-order valence-corrected chi connectivity index (χ1v) is 8.59. The maximum atomic E-state index is 14.2. The fourth-order valence-corrected chi connectivity index (χ4v) is 3.10. The van der Waals surface area contributed by atoms with Crippen LogP contribution in [0.3, 0.4) is 0 Å². The standard InChI is InChI=1S/C11H12ClF2N2O7P/c12-2-1-5-3-16(10(19)15-8(5)18)9-11(13,14)7(17)6(23-9)4-24(20,21)22/h1-3,6-7,9,17H,4H2,(H,15,18,19)(H2,20,21,22)/b2-1+/t6-,7-,9-/m1/s1. The Bertz CT molecular complexity index is 817. The first-order valence-electron chi connectivity index (χ1n) is 6.35. The Labute approximate surface area is 137 Å². The zero-order valence-electron chi connectivity index (χ0n) is 11.7. The molecule has 134 valence electrons. The number of hydrogen-bond donors (Lipinski definition) is 4. The van der Waals surface area contributed by atoms with Gasteiger partial charge in [0, 0.05) is 11.7 Å². The average Bonchev–Trinajstić information content (AvgIpc) is 2.64. The largest absolute Gasteiger partial charge is 0.384 e. The van der Waals surface area contributed by atoms with Crippen LogP contribution in [0.15, 0.2) is 21.3 Å². The van der Waals surface area contributed by atoms with Gasteiger partial charge >= 0.3 is 19.2 Å². The van der Waals surface area contributed by atoms with E-state index in [0.717, 1.165) is 17.8 Å². The monoisotopic (exact) mass is 388 g/mol. The fourth-order valence-electron chi connectivity index (χ4n) is 2.21. The van der Waals surface area contributed by atoms with Crippen molar-refractivity contribution in [3.8, 4) is 0 Å². The number of rotatable bonds is 4. The van der Waals surface area contributed by atoms with Crippen LogP contribution in [0.2, 0.25) is 0 Å². The number of H-pyrrole nitrogens is 1. The van der Waals surface area contributed by atoms with Crippen molar-refractivity contribution in [2.75, 3.05) is 6.16 Å². The smallest absolute Gasteiger partial charge is 0.330 e. The molecule has 4 N–H and O–H groups in total. The van der Waals surface area contributed by atoms with Crippen molar-refractivity contribution < 1.29 is 33.0 Å². The van der Waals surface area contributed by atoms with E-state index < -0.39 is 49.4 Å². The Morgan fingerprint density at radius 3 is 2.62 bits per heavy atom. The summed E-state index contributed by atoms with van der Waals surface area (Å²) in [5, 5.41) is 9.59. The van der Waals surface area contributed by atoms with E-state index in [1.807, 2.05) is 0 Å². The molecule has 1 aromatic heterocycles. The van der Waals surface area contributed by atoms with Crippen molar-refractivity contribution >= 4 is 25.3 Å². The molecule has 0 spiro atoms. The fraction of sp³-hybridized carbons (Fsp3) is 0.455. The number of hydrogen-bond acceptors (Lipinski definition) is 5. The second-order valence-electron chi connectivity index (χ2n) is 5.04. The SMILES string of the molecule is O=c1[nH]c(=O)n([C@@H]2O[C@H](CP(=O)(O)O)[C@@H](O)C2(F)F)cc1/C=C/Cl. The van der Waals surface area contributed by atoms with Crippen molar-refractivity contribution in [2.24, 2.45) is 0 Å². The summed E-state index contributed by atoms with van der Waals surface area (Å²) in [4.78, 5) is 42.8. The van der Waals surface area contributed by atoms with Crippen LogP contribution in [-0.2, 0) is 9.30 Å². The second kappa shape index (κ2) is 6.51. The van der Waals surface area contributed by atoms with Gasteiger partial charge in [-0.15, -0.1) is 0 Å². The number of nitrogens with zero attached hydrogens (tertiary/aromatic N) is 1. The number of alkyl halides is 2. The van der Waals surface area contributed by atoms with Gasteiger partial charge in [-0.1, -0.05) is 11.6 Å². The summed E-state index contributed by atoms with van der Waals surface area (Å²) < 4.78 is 44.4. The van der Waals surface area contributed by atoms with Crippen LogP contribution in [0.25, 0.3) is 6.08 Å². The molecular formula is C11H12ClF2N2O7P. The highest BCUT2D eigenvalue weighted by molar-refractivity contribution is 7.51. The first-order chi connectivity index (χ1) is 11.0. The van der Waals surface area contributed by atoms with Gasteiger partial charge in [0.1, 0.15) is 12.2 Å². The lowest BCUT2D eigenvalue weighted by atomic mass is 10.1. The Hall–Kier alpha value is -1.36. The molecule has 0 amide bonds. The molecule has 1 saturated heterocycles. The molecule has 0 aliphatic carbocycles. The highest BCUT2D eigenvalue weighted by Gasteiger charge is 2.60. The highest BCUT2D eigenvalue weighted by Crippen LogP contribution is 2.47. The number of nitrogens with one attached hydrogen (secondary N) is 1. The third-order valence-electron chi connectivity index (χ3n) is 3.29. The maximum Gasteiger partial charge on any atom is 0.330 e. The summed E-state index contributed by atoms with van der Waals surface area (Å²) in [5.74, 6) is -4.04. The number of aliphatic hydroxyl groups is 1. The molecule has 13 heteroatoms. The summed E-state index contributed by atoms with van der Waals surface area (Å²) in [5.41, 5.74) is -1.46. The predicted molar refractivity (Wildman–Crippen MR) is 78.0 cm³/mol. The molecule has 9 nitrogen and oxygen atoms in total. The Kier molecular flexibility index (Phi) is 5.14. The molecule has 0 unspecified atom stereocenters. The van der Waals surface area contributed by atoms with E-state index in [1.165, 1.54) is 0 Å². The normalized spacial score (nSPS) is 27.0. The molecule has 0 saturated carbocycles. The van der Waals surface area contributed by atoms with Crippen LogP contribution in [-0.4, -0.2) is 48.7 Å². The predicted octanol–water partition coefficient (Wildman–Crippen LogP) is -0.183. The number of ether oxygens (including phenoxy) is 1. The average molecular weight is 389 g/mol. The van der Waals surface area contributed by atoms with Gasteiger partial charge in [-0.3, -0.25) is 18.9 Å². The van der Waals surface area contributed by atoms with E-state index in [0.29, 0.717) is 4.57 Å². The van der Waals surface area contributed by atoms with Crippen molar-refractivity contribution in [1.82, 2.24) is 9.55 Å². The molecule has 0 radical (unpaired) electrons. The summed E-state index contributed by atoms with van der Waals surface area (Å²) in [6.07, 6.45) is -6.21. The van der Waals surface area contributed by atoms with Gasteiger partial charge in [0.05, 0.1) is 11.7 Å². The molecule has 0 aromatic carbocycles. The zero-order valence-corrected chi connectivity index (χ0v) is 13.3. The van der Waals surface area contributed by atoms with Gasteiger partial charge in [-0.05, 0) is 6.08 Å². The van der Waals surface area contributed by atoms with Gasteiger partial charge in [0.25, 0.3) is 5.56 Å². The molecule has 1 aliphatic rings. The third-order valence-corrected chi connectivity index (χ3v) is 4.25.